The number of anilines is 1. The van der Waals surface area contributed by atoms with Crippen molar-refractivity contribution in [3.8, 4) is 17.3 Å². The zero-order chi connectivity index (χ0) is 32.2. The molecule has 9 nitrogen and oxygen atoms in total. The van der Waals surface area contributed by atoms with Gasteiger partial charge >= 0.3 is 5.97 Å². The fourth-order valence-corrected chi connectivity index (χ4v) is 6.34. The molecule has 0 amide bonds. The average Bonchev–Trinajstić information content (AvgIpc) is 3.36. The van der Waals surface area contributed by atoms with Crippen molar-refractivity contribution >= 4 is 32.8 Å². The number of esters is 1. The number of halogens is 2. The number of fused-ring (bicyclic) bond motifs is 1. The van der Waals surface area contributed by atoms with Gasteiger partial charge in [0, 0.05) is 23.2 Å². The lowest BCUT2D eigenvalue weighted by Gasteiger charge is -2.35. The van der Waals surface area contributed by atoms with E-state index < -0.39 is 39.1 Å². The van der Waals surface area contributed by atoms with Gasteiger partial charge in [-0.15, -0.1) is 0 Å². The normalized spacial score (nSPS) is 12.6. The van der Waals surface area contributed by atoms with Crippen molar-refractivity contribution in [2.45, 2.75) is 71.2 Å². The number of benzene rings is 1. The number of rotatable bonds is 12. The Morgan fingerprint density at radius 3 is 2.52 bits per heavy atom. The Labute approximate surface area is 256 Å². The number of nitrogens with one attached hydrogen (secondary N) is 1. The third-order valence-corrected chi connectivity index (χ3v) is 9.28. The summed E-state index contributed by atoms with van der Waals surface area (Å²) in [5.74, 6) is -2.29. The highest BCUT2D eigenvalue weighted by Gasteiger charge is 2.33. The molecular formula is C32H35F2N5O4S. The molecule has 0 saturated heterocycles. The number of unbranched alkanes of at least 4 members (excludes halogenated alkanes) is 1. The van der Waals surface area contributed by atoms with Crippen molar-refractivity contribution in [1.82, 2.24) is 13.9 Å². The van der Waals surface area contributed by atoms with E-state index in [-0.39, 0.29) is 51.6 Å². The van der Waals surface area contributed by atoms with Gasteiger partial charge in [0.05, 0.1) is 35.4 Å². The zero-order valence-electron chi connectivity index (χ0n) is 25.3. The van der Waals surface area contributed by atoms with E-state index in [9.17, 15) is 22.9 Å². The van der Waals surface area contributed by atoms with Crippen molar-refractivity contribution in [3.05, 3.63) is 71.6 Å². The second-order valence-corrected chi connectivity index (χ2v) is 13.1. The first kappa shape index (κ1) is 32.5. The van der Waals surface area contributed by atoms with Gasteiger partial charge in [-0.3, -0.25) is 4.79 Å². The minimum atomic E-state index is -4.21. The van der Waals surface area contributed by atoms with E-state index in [1.807, 2.05) is 33.8 Å². The summed E-state index contributed by atoms with van der Waals surface area (Å²) in [6.07, 6.45) is 4.55. The summed E-state index contributed by atoms with van der Waals surface area (Å²) in [7, 11) is -4.21. The van der Waals surface area contributed by atoms with Crippen molar-refractivity contribution in [2.24, 2.45) is 5.41 Å². The van der Waals surface area contributed by atoms with E-state index in [1.165, 1.54) is 18.3 Å². The average molecular weight is 624 g/mol. The van der Waals surface area contributed by atoms with Gasteiger partial charge in [-0.2, -0.15) is 5.26 Å². The number of pyridine rings is 2. The Bertz CT molecular complexity index is 1830. The van der Waals surface area contributed by atoms with Gasteiger partial charge in [-0.05, 0) is 49.9 Å². The Kier molecular flexibility index (Phi) is 9.69. The first-order valence-electron chi connectivity index (χ1n) is 14.3. The molecule has 0 radical (unpaired) electrons. The molecule has 232 valence electrons. The van der Waals surface area contributed by atoms with Gasteiger partial charge < -0.3 is 10.1 Å². The third kappa shape index (κ3) is 6.73. The van der Waals surface area contributed by atoms with Crippen LogP contribution in [0.4, 0.5) is 14.6 Å². The van der Waals surface area contributed by atoms with E-state index in [0.717, 1.165) is 47.1 Å². The van der Waals surface area contributed by atoms with Gasteiger partial charge in [0.2, 0.25) is 0 Å². The number of hydrogen-bond acceptors (Lipinski definition) is 8. The van der Waals surface area contributed by atoms with Crippen molar-refractivity contribution in [2.75, 3.05) is 11.9 Å². The zero-order valence-corrected chi connectivity index (χ0v) is 26.1. The standard InChI is InChI=1S/C32H35F2N5O4S/c1-6-8-13-32(4,5)27(16-28(40)43-7-2)37-30-26(34)14-21(17-35)29(38-30)25-19-39(31-24(25)15-22(33)18-36-31)44(41,42)23-11-9-20(3)10-12-23/h9-12,14-15,18-19,27H,6-8,13,16H2,1-5H3,(H,37,38)/t27-/m1/s1. The first-order chi connectivity index (χ1) is 20.8. The van der Waals surface area contributed by atoms with Crippen LogP contribution in [0.1, 0.15) is 64.5 Å². The molecule has 0 unspecified atom stereocenters. The summed E-state index contributed by atoms with van der Waals surface area (Å²) in [6, 6.07) is 9.57. The lowest BCUT2D eigenvalue weighted by molar-refractivity contribution is -0.144. The second kappa shape index (κ2) is 13.1. The SMILES string of the molecule is CCCCC(C)(C)[C@@H](CC(=O)OCC)Nc1nc(-c2cn(S(=O)(=O)c3ccc(C)cc3)c3ncc(F)cc23)c(C#N)cc1F. The van der Waals surface area contributed by atoms with Crippen LogP contribution in [0.5, 0.6) is 0 Å². The summed E-state index contributed by atoms with van der Waals surface area (Å²) in [6.45, 7) is 9.67. The van der Waals surface area contributed by atoms with Crippen LogP contribution in [0.15, 0.2) is 53.7 Å². The lowest BCUT2D eigenvalue weighted by atomic mass is 9.78. The second-order valence-electron chi connectivity index (χ2n) is 11.3. The largest absolute Gasteiger partial charge is 0.466 e. The van der Waals surface area contributed by atoms with Gasteiger partial charge in [-0.25, -0.2) is 31.1 Å². The van der Waals surface area contributed by atoms with Crippen LogP contribution in [0.2, 0.25) is 0 Å². The fourth-order valence-electron chi connectivity index (χ4n) is 5.01. The number of aromatic nitrogens is 3. The summed E-state index contributed by atoms with van der Waals surface area (Å²) in [4.78, 5) is 21.0. The molecule has 0 fully saturated rings. The maximum Gasteiger partial charge on any atom is 0.307 e. The smallest absolute Gasteiger partial charge is 0.307 e. The molecule has 44 heavy (non-hydrogen) atoms. The minimum Gasteiger partial charge on any atom is -0.466 e. The molecule has 0 spiro atoms. The topological polar surface area (TPSA) is 127 Å². The van der Waals surface area contributed by atoms with Crippen molar-refractivity contribution < 1.29 is 26.7 Å². The van der Waals surface area contributed by atoms with Crippen LogP contribution in [0, 0.1) is 35.3 Å². The first-order valence-corrected chi connectivity index (χ1v) is 15.8. The Hall–Kier alpha value is -4.37. The molecule has 3 aromatic heterocycles. The minimum absolute atomic E-state index is 0.0243. The van der Waals surface area contributed by atoms with Crippen LogP contribution >= 0.6 is 0 Å². The van der Waals surface area contributed by atoms with E-state index >= 15 is 4.39 Å². The van der Waals surface area contributed by atoms with Gasteiger partial charge in [0.15, 0.2) is 17.3 Å². The summed E-state index contributed by atoms with van der Waals surface area (Å²) in [5.41, 5.74) is 0.0671. The number of nitriles is 1. The number of carbonyl (C=O) groups excluding carboxylic acids is 1. The van der Waals surface area contributed by atoms with Crippen LogP contribution in [-0.2, 0) is 19.6 Å². The number of nitrogens with zero attached hydrogens (tertiary/aromatic N) is 4. The molecule has 4 rings (SSSR count). The number of ether oxygens (including phenoxy) is 1. The number of hydrogen-bond donors (Lipinski definition) is 1. The van der Waals surface area contributed by atoms with Crippen LogP contribution < -0.4 is 5.32 Å². The van der Waals surface area contributed by atoms with E-state index in [2.05, 4.69) is 15.3 Å². The van der Waals surface area contributed by atoms with E-state index in [0.29, 0.717) is 0 Å². The van der Waals surface area contributed by atoms with Crippen LogP contribution in [0.3, 0.4) is 0 Å². The third-order valence-electron chi connectivity index (χ3n) is 7.61. The molecule has 1 N–H and O–H groups in total. The molecule has 0 saturated carbocycles. The summed E-state index contributed by atoms with van der Waals surface area (Å²) >= 11 is 0. The van der Waals surface area contributed by atoms with Crippen molar-refractivity contribution in [3.63, 3.8) is 0 Å². The fraction of sp³-hybridized carbons (Fsp3) is 0.375. The quantitative estimate of drug-likeness (QED) is 0.172. The number of carbonyl (C=O) groups is 1. The molecular weight excluding hydrogens is 588 g/mol. The molecule has 1 aromatic carbocycles. The van der Waals surface area contributed by atoms with Crippen LogP contribution in [-0.4, -0.2) is 41.0 Å². The maximum absolute atomic E-state index is 15.5. The molecule has 12 heteroatoms. The lowest BCUT2D eigenvalue weighted by Crippen LogP contribution is -2.39. The monoisotopic (exact) mass is 623 g/mol. The highest BCUT2D eigenvalue weighted by Crippen LogP contribution is 2.37. The van der Waals surface area contributed by atoms with Gasteiger partial charge in [0.25, 0.3) is 10.0 Å². The Morgan fingerprint density at radius 2 is 1.89 bits per heavy atom. The van der Waals surface area contributed by atoms with E-state index in [1.54, 1.807) is 19.1 Å². The molecule has 3 heterocycles. The number of aryl methyl sites for hydroxylation is 1. The van der Waals surface area contributed by atoms with E-state index in [4.69, 9.17) is 4.74 Å². The van der Waals surface area contributed by atoms with Gasteiger partial charge in [-0.1, -0.05) is 51.3 Å². The highest BCUT2D eigenvalue weighted by molar-refractivity contribution is 7.90. The Morgan fingerprint density at radius 1 is 1.18 bits per heavy atom. The predicted octanol–water partition coefficient (Wildman–Crippen LogP) is 6.74. The molecule has 0 aliphatic carbocycles. The Balaban J connectivity index is 1.89. The molecule has 0 aliphatic rings. The molecule has 4 aromatic rings. The summed E-state index contributed by atoms with van der Waals surface area (Å²) < 4.78 is 63.4. The van der Waals surface area contributed by atoms with Crippen LogP contribution in [0.25, 0.3) is 22.3 Å². The molecule has 0 aliphatic heterocycles. The predicted molar refractivity (Wildman–Crippen MR) is 163 cm³/mol. The maximum atomic E-state index is 15.5. The van der Waals surface area contributed by atoms with Crippen molar-refractivity contribution in [1.29, 1.82) is 5.26 Å². The molecule has 1 atom stereocenters. The van der Waals surface area contributed by atoms with Gasteiger partial charge in [0.1, 0.15) is 11.9 Å². The summed E-state index contributed by atoms with van der Waals surface area (Å²) in [5, 5.41) is 13.1. The molecule has 0 bridgehead atoms. The highest BCUT2D eigenvalue weighted by atomic mass is 32.2.